The van der Waals surface area contributed by atoms with Gasteiger partial charge in [0, 0.05) is 5.02 Å². The Morgan fingerprint density at radius 2 is 2.17 bits per heavy atom. The molecule has 1 heterocycles. The van der Waals surface area contributed by atoms with Crippen molar-refractivity contribution in [1.29, 1.82) is 0 Å². The van der Waals surface area contributed by atoms with E-state index in [0.717, 1.165) is 34.9 Å². The number of hydrogen-bond acceptors (Lipinski definition) is 2. The van der Waals surface area contributed by atoms with Crippen LogP contribution in [0.1, 0.15) is 36.3 Å². The van der Waals surface area contributed by atoms with Gasteiger partial charge in [-0.05, 0) is 49.2 Å². The molecule has 1 unspecified atom stereocenters. The molecule has 1 aromatic heterocycles. The molecule has 0 radical (unpaired) electrons. The van der Waals surface area contributed by atoms with Crippen molar-refractivity contribution >= 4 is 11.6 Å². The molecule has 0 aliphatic heterocycles. The minimum absolute atomic E-state index is 0.0676. The highest BCUT2D eigenvalue weighted by molar-refractivity contribution is 6.31. The summed E-state index contributed by atoms with van der Waals surface area (Å²) in [7, 11) is 0. The lowest BCUT2D eigenvalue weighted by atomic mass is 10.0. The number of rotatable bonds is 5. The molecular weight excluding hydrogens is 246 g/mol. The second-order valence-electron chi connectivity index (χ2n) is 4.41. The van der Waals surface area contributed by atoms with Crippen molar-refractivity contribution in [2.45, 2.75) is 26.3 Å². The summed E-state index contributed by atoms with van der Waals surface area (Å²) in [5.41, 5.74) is 2.23. The summed E-state index contributed by atoms with van der Waals surface area (Å²) in [6.45, 7) is 5.10. The van der Waals surface area contributed by atoms with E-state index in [2.05, 4.69) is 18.3 Å². The molecule has 0 aliphatic carbocycles. The number of halogens is 1. The van der Waals surface area contributed by atoms with Crippen LogP contribution in [-0.2, 0) is 0 Å². The topological polar surface area (TPSA) is 25.2 Å². The van der Waals surface area contributed by atoms with Crippen molar-refractivity contribution in [3.63, 3.8) is 0 Å². The Morgan fingerprint density at radius 3 is 2.78 bits per heavy atom. The fourth-order valence-corrected chi connectivity index (χ4v) is 2.10. The van der Waals surface area contributed by atoms with Gasteiger partial charge in [-0.2, -0.15) is 0 Å². The number of nitrogens with one attached hydrogen (secondary N) is 1. The van der Waals surface area contributed by atoms with E-state index in [1.165, 1.54) is 0 Å². The third kappa shape index (κ3) is 2.95. The molecule has 0 saturated carbocycles. The zero-order chi connectivity index (χ0) is 13.0. The monoisotopic (exact) mass is 263 g/mol. The van der Waals surface area contributed by atoms with Gasteiger partial charge in [0.25, 0.3) is 0 Å². The quantitative estimate of drug-likeness (QED) is 0.869. The van der Waals surface area contributed by atoms with Gasteiger partial charge >= 0.3 is 0 Å². The first-order valence-electron chi connectivity index (χ1n) is 6.25. The third-order valence-corrected chi connectivity index (χ3v) is 3.36. The molecule has 2 rings (SSSR count). The fraction of sp³-hybridized carbons (Fsp3) is 0.333. The highest BCUT2D eigenvalue weighted by Crippen LogP contribution is 2.26. The SMILES string of the molecule is CCCNC(c1ccc(C)c(Cl)c1)c1ccco1. The second kappa shape index (κ2) is 6.07. The van der Waals surface area contributed by atoms with Gasteiger partial charge < -0.3 is 9.73 Å². The molecular formula is C15H18ClNO. The van der Waals surface area contributed by atoms with Crippen molar-refractivity contribution in [3.05, 3.63) is 58.5 Å². The van der Waals surface area contributed by atoms with E-state index in [4.69, 9.17) is 16.0 Å². The molecule has 1 atom stereocenters. The average molecular weight is 264 g/mol. The number of aryl methyl sites for hydroxylation is 1. The van der Waals surface area contributed by atoms with E-state index < -0.39 is 0 Å². The summed E-state index contributed by atoms with van der Waals surface area (Å²) in [6, 6.07) is 10.1. The molecule has 0 saturated heterocycles. The molecule has 2 nitrogen and oxygen atoms in total. The molecule has 0 bridgehead atoms. The second-order valence-corrected chi connectivity index (χ2v) is 4.82. The van der Waals surface area contributed by atoms with Crippen molar-refractivity contribution in [3.8, 4) is 0 Å². The lowest BCUT2D eigenvalue weighted by Gasteiger charge is -2.17. The van der Waals surface area contributed by atoms with Gasteiger partial charge in [-0.25, -0.2) is 0 Å². The van der Waals surface area contributed by atoms with E-state index in [-0.39, 0.29) is 6.04 Å². The highest BCUT2D eigenvalue weighted by Gasteiger charge is 2.16. The maximum Gasteiger partial charge on any atom is 0.125 e. The van der Waals surface area contributed by atoms with Gasteiger partial charge in [-0.15, -0.1) is 0 Å². The molecule has 2 aromatic rings. The zero-order valence-electron chi connectivity index (χ0n) is 10.7. The van der Waals surface area contributed by atoms with Crippen LogP contribution in [0, 0.1) is 6.92 Å². The van der Waals surface area contributed by atoms with Crippen LogP contribution >= 0.6 is 11.6 Å². The van der Waals surface area contributed by atoms with Crippen LogP contribution in [0.4, 0.5) is 0 Å². The molecule has 3 heteroatoms. The van der Waals surface area contributed by atoms with E-state index in [9.17, 15) is 0 Å². The summed E-state index contributed by atoms with van der Waals surface area (Å²) < 4.78 is 5.51. The van der Waals surface area contributed by atoms with Gasteiger partial charge in [0.05, 0.1) is 12.3 Å². The van der Waals surface area contributed by atoms with E-state index >= 15 is 0 Å². The van der Waals surface area contributed by atoms with Gasteiger partial charge in [0.1, 0.15) is 5.76 Å². The van der Waals surface area contributed by atoms with Crippen LogP contribution in [0.2, 0.25) is 5.02 Å². The maximum atomic E-state index is 6.19. The van der Waals surface area contributed by atoms with Crippen molar-refractivity contribution in [2.24, 2.45) is 0 Å². The predicted molar refractivity (Wildman–Crippen MR) is 75.0 cm³/mol. The molecule has 18 heavy (non-hydrogen) atoms. The minimum Gasteiger partial charge on any atom is -0.467 e. The maximum absolute atomic E-state index is 6.19. The minimum atomic E-state index is 0.0676. The Morgan fingerprint density at radius 1 is 1.33 bits per heavy atom. The number of benzene rings is 1. The average Bonchev–Trinajstić information content (AvgIpc) is 2.88. The van der Waals surface area contributed by atoms with Crippen molar-refractivity contribution < 1.29 is 4.42 Å². The summed E-state index contributed by atoms with van der Waals surface area (Å²) in [6.07, 6.45) is 2.78. The number of furan rings is 1. The van der Waals surface area contributed by atoms with Crippen LogP contribution in [-0.4, -0.2) is 6.54 Å². The first-order chi connectivity index (χ1) is 8.72. The first kappa shape index (κ1) is 13.2. The third-order valence-electron chi connectivity index (χ3n) is 2.96. The smallest absolute Gasteiger partial charge is 0.125 e. The first-order valence-corrected chi connectivity index (χ1v) is 6.63. The summed E-state index contributed by atoms with van der Waals surface area (Å²) >= 11 is 6.19. The Balaban J connectivity index is 2.30. The molecule has 0 fully saturated rings. The van der Waals surface area contributed by atoms with E-state index in [1.807, 2.05) is 31.2 Å². The standard InChI is InChI=1S/C15H18ClNO/c1-3-8-17-15(14-5-4-9-18-14)12-7-6-11(2)13(16)10-12/h4-7,9-10,15,17H,3,8H2,1-2H3. The van der Waals surface area contributed by atoms with Crippen LogP contribution in [0.3, 0.4) is 0 Å². The molecule has 1 N–H and O–H groups in total. The largest absolute Gasteiger partial charge is 0.467 e. The van der Waals surface area contributed by atoms with Gasteiger partial charge in [-0.1, -0.05) is 30.7 Å². The van der Waals surface area contributed by atoms with E-state index in [1.54, 1.807) is 6.26 Å². The van der Waals surface area contributed by atoms with Gasteiger partial charge in [-0.3, -0.25) is 0 Å². The summed E-state index contributed by atoms with van der Waals surface area (Å²) in [5.74, 6) is 0.920. The van der Waals surface area contributed by atoms with Gasteiger partial charge in [0.15, 0.2) is 0 Å². The van der Waals surface area contributed by atoms with Crippen LogP contribution in [0.5, 0.6) is 0 Å². The van der Waals surface area contributed by atoms with E-state index in [0.29, 0.717) is 0 Å². The number of hydrogen-bond donors (Lipinski definition) is 1. The molecule has 0 amide bonds. The summed E-state index contributed by atoms with van der Waals surface area (Å²) in [4.78, 5) is 0. The normalized spacial score (nSPS) is 12.6. The molecule has 96 valence electrons. The van der Waals surface area contributed by atoms with Crippen LogP contribution in [0.25, 0.3) is 0 Å². The molecule has 0 aliphatic rings. The lowest BCUT2D eigenvalue weighted by Crippen LogP contribution is -2.22. The Hall–Kier alpha value is -1.25. The predicted octanol–water partition coefficient (Wildman–Crippen LogP) is 4.33. The van der Waals surface area contributed by atoms with Crippen LogP contribution in [0.15, 0.2) is 41.0 Å². The summed E-state index contributed by atoms with van der Waals surface area (Å²) in [5, 5.41) is 4.28. The fourth-order valence-electron chi connectivity index (χ4n) is 1.92. The lowest BCUT2D eigenvalue weighted by molar-refractivity contribution is 0.446. The zero-order valence-corrected chi connectivity index (χ0v) is 11.5. The highest BCUT2D eigenvalue weighted by atomic mass is 35.5. The van der Waals surface area contributed by atoms with Crippen LogP contribution < -0.4 is 5.32 Å². The van der Waals surface area contributed by atoms with Gasteiger partial charge in [0.2, 0.25) is 0 Å². The molecule has 1 aromatic carbocycles. The van der Waals surface area contributed by atoms with Crippen molar-refractivity contribution in [1.82, 2.24) is 5.32 Å². The molecule has 0 spiro atoms. The van der Waals surface area contributed by atoms with Crippen molar-refractivity contribution in [2.75, 3.05) is 6.54 Å². The Labute approximate surface area is 113 Å². The Bertz CT molecular complexity index is 493. The Kier molecular flexibility index (Phi) is 4.45.